The number of hydrogen-bond donors (Lipinski definition) is 0. The normalized spacial score (nSPS) is 17.8. The van der Waals surface area contributed by atoms with Gasteiger partial charge in [-0.1, -0.05) is 97.1 Å². The monoisotopic (exact) mass is 336 g/mol. The molecule has 2 aromatic rings. The molecule has 2 aliphatic rings. The molecule has 4 rings (SSSR count). The van der Waals surface area contributed by atoms with Crippen LogP contribution in [0.5, 0.6) is 0 Å². The van der Waals surface area contributed by atoms with Crippen molar-refractivity contribution < 1.29 is 0 Å². The molecule has 0 atom stereocenters. The standard InChI is InChI=1S/C26H24/c1-3-13-20(4-2)26(21-14-7-5-6-8-15-21)24-18-11-9-16-22(24)23-17-10-12-19-25(23)26/h3-5,7-19H,6H2,1-2H3/b13-3-,20-4+. The second-order valence-corrected chi connectivity index (χ2v) is 6.77. The summed E-state index contributed by atoms with van der Waals surface area (Å²) in [6.45, 7) is 4.25. The summed E-state index contributed by atoms with van der Waals surface area (Å²) in [5, 5.41) is 0. The average molecular weight is 336 g/mol. The van der Waals surface area contributed by atoms with Crippen LogP contribution in [0.2, 0.25) is 0 Å². The third kappa shape index (κ3) is 2.29. The fraction of sp³-hybridized carbons (Fsp3) is 0.154. The lowest BCUT2D eigenvalue weighted by Gasteiger charge is -2.35. The molecule has 0 heteroatoms. The van der Waals surface area contributed by atoms with Crippen molar-refractivity contribution in [3.63, 3.8) is 0 Å². The van der Waals surface area contributed by atoms with E-state index in [1.54, 1.807) is 0 Å². The summed E-state index contributed by atoms with van der Waals surface area (Å²) >= 11 is 0. The third-order valence-corrected chi connectivity index (χ3v) is 5.46. The Balaban J connectivity index is 2.16. The molecule has 2 aliphatic carbocycles. The highest BCUT2D eigenvalue weighted by Crippen LogP contribution is 2.57. The minimum atomic E-state index is -0.264. The van der Waals surface area contributed by atoms with Gasteiger partial charge < -0.3 is 0 Å². The van der Waals surface area contributed by atoms with Gasteiger partial charge in [-0.3, -0.25) is 0 Å². The van der Waals surface area contributed by atoms with Gasteiger partial charge in [-0.15, -0.1) is 0 Å². The Hall–Kier alpha value is -2.86. The Morgan fingerprint density at radius 1 is 0.885 bits per heavy atom. The van der Waals surface area contributed by atoms with Gasteiger partial charge in [0, 0.05) is 0 Å². The van der Waals surface area contributed by atoms with Crippen LogP contribution in [0.3, 0.4) is 0 Å². The number of allylic oxidation sites excluding steroid dienone is 10. The molecule has 0 unspecified atom stereocenters. The zero-order valence-corrected chi connectivity index (χ0v) is 15.4. The topological polar surface area (TPSA) is 0 Å². The number of hydrogen-bond acceptors (Lipinski definition) is 0. The van der Waals surface area contributed by atoms with Crippen molar-refractivity contribution in [1.82, 2.24) is 0 Å². The van der Waals surface area contributed by atoms with Gasteiger partial charge >= 0.3 is 0 Å². The lowest BCUT2D eigenvalue weighted by molar-refractivity contribution is 0.763. The Kier molecular flexibility index (Phi) is 4.34. The van der Waals surface area contributed by atoms with Crippen molar-refractivity contribution in [3.05, 3.63) is 119 Å². The van der Waals surface area contributed by atoms with Crippen LogP contribution in [-0.2, 0) is 5.41 Å². The lowest BCUT2D eigenvalue weighted by atomic mass is 9.66. The van der Waals surface area contributed by atoms with Crippen LogP contribution in [-0.4, -0.2) is 0 Å². The molecular weight excluding hydrogens is 312 g/mol. The molecule has 26 heavy (non-hydrogen) atoms. The Morgan fingerprint density at radius 3 is 2.15 bits per heavy atom. The quantitative estimate of drug-likeness (QED) is 0.534. The summed E-state index contributed by atoms with van der Waals surface area (Å²) in [6.07, 6.45) is 18.9. The molecule has 0 heterocycles. The molecule has 0 saturated heterocycles. The third-order valence-electron chi connectivity index (χ3n) is 5.46. The van der Waals surface area contributed by atoms with Crippen molar-refractivity contribution in [2.75, 3.05) is 0 Å². The maximum Gasteiger partial charge on any atom is 0.0710 e. The van der Waals surface area contributed by atoms with Crippen LogP contribution < -0.4 is 0 Å². The van der Waals surface area contributed by atoms with E-state index in [9.17, 15) is 0 Å². The second-order valence-electron chi connectivity index (χ2n) is 6.77. The van der Waals surface area contributed by atoms with Crippen LogP contribution in [0.4, 0.5) is 0 Å². The minimum Gasteiger partial charge on any atom is -0.0873 e. The number of benzene rings is 2. The zero-order chi connectivity index (χ0) is 18.0. The van der Waals surface area contributed by atoms with Gasteiger partial charge in [0.1, 0.15) is 0 Å². The molecule has 0 saturated carbocycles. The van der Waals surface area contributed by atoms with Gasteiger partial charge in [0.2, 0.25) is 0 Å². The van der Waals surface area contributed by atoms with Crippen molar-refractivity contribution in [1.29, 1.82) is 0 Å². The maximum atomic E-state index is 2.31. The maximum absolute atomic E-state index is 2.31. The molecule has 0 amide bonds. The summed E-state index contributed by atoms with van der Waals surface area (Å²) in [4.78, 5) is 0. The van der Waals surface area contributed by atoms with Crippen LogP contribution in [0.15, 0.2) is 108 Å². The molecule has 0 fully saturated rings. The van der Waals surface area contributed by atoms with Crippen molar-refractivity contribution in [2.24, 2.45) is 0 Å². The average Bonchev–Trinajstić information content (AvgIpc) is 2.83. The van der Waals surface area contributed by atoms with E-state index in [1.165, 1.54) is 33.4 Å². The van der Waals surface area contributed by atoms with Gasteiger partial charge in [0.25, 0.3) is 0 Å². The lowest BCUT2D eigenvalue weighted by Crippen LogP contribution is -2.29. The number of rotatable bonds is 3. The van der Waals surface area contributed by atoms with Gasteiger partial charge in [-0.25, -0.2) is 0 Å². The number of fused-ring (bicyclic) bond motifs is 3. The van der Waals surface area contributed by atoms with Crippen LogP contribution >= 0.6 is 0 Å². The van der Waals surface area contributed by atoms with E-state index < -0.39 is 0 Å². The fourth-order valence-electron chi connectivity index (χ4n) is 4.47. The first kappa shape index (κ1) is 16.6. The highest BCUT2D eigenvalue weighted by atomic mass is 14.5. The molecular formula is C26H24. The van der Waals surface area contributed by atoms with E-state index in [2.05, 4.69) is 111 Å². The molecule has 0 radical (unpaired) electrons. The van der Waals surface area contributed by atoms with E-state index in [0.29, 0.717) is 0 Å². The Bertz CT molecular complexity index is 931. The van der Waals surface area contributed by atoms with E-state index in [0.717, 1.165) is 6.42 Å². The van der Waals surface area contributed by atoms with E-state index in [1.807, 2.05) is 0 Å². The predicted molar refractivity (Wildman–Crippen MR) is 112 cm³/mol. The largest absolute Gasteiger partial charge is 0.0873 e. The zero-order valence-electron chi connectivity index (χ0n) is 15.4. The predicted octanol–water partition coefficient (Wildman–Crippen LogP) is 6.92. The summed E-state index contributed by atoms with van der Waals surface area (Å²) < 4.78 is 0. The molecule has 0 spiro atoms. The molecule has 2 aromatic carbocycles. The Labute approximate surface area is 156 Å². The molecule has 0 aromatic heterocycles. The second kappa shape index (κ2) is 6.80. The first-order valence-corrected chi connectivity index (χ1v) is 9.36. The molecule has 0 bridgehead atoms. The molecule has 128 valence electrons. The highest BCUT2D eigenvalue weighted by molar-refractivity contribution is 5.87. The summed E-state index contributed by atoms with van der Waals surface area (Å²) in [7, 11) is 0. The summed E-state index contributed by atoms with van der Waals surface area (Å²) in [5.41, 5.74) is 7.82. The van der Waals surface area contributed by atoms with Crippen LogP contribution in [0.25, 0.3) is 11.1 Å². The Morgan fingerprint density at radius 2 is 1.54 bits per heavy atom. The molecule has 0 aliphatic heterocycles. The van der Waals surface area contributed by atoms with Crippen molar-refractivity contribution in [2.45, 2.75) is 25.7 Å². The minimum absolute atomic E-state index is 0.264. The molecule has 0 N–H and O–H groups in total. The first-order chi connectivity index (χ1) is 12.8. The van der Waals surface area contributed by atoms with E-state index >= 15 is 0 Å². The van der Waals surface area contributed by atoms with Crippen molar-refractivity contribution in [3.8, 4) is 11.1 Å². The van der Waals surface area contributed by atoms with Crippen LogP contribution in [0, 0.1) is 0 Å². The SMILES string of the molecule is C/C=C\C(=C/C)C1(C2=CC=CCC=C2)c2ccccc2-c2ccccc21. The van der Waals surface area contributed by atoms with E-state index in [-0.39, 0.29) is 5.41 Å². The van der Waals surface area contributed by atoms with Crippen molar-refractivity contribution >= 4 is 0 Å². The van der Waals surface area contributed by atoms with Crippen LogP contribution in [0.1, 0.15) is 31.4 Å². The summed E-state index contributed by atoms with van der Waals surface area (Å²) in [5.74, 6) is 0. The van der Waals surface area contributed by atoms with Gasteiger partial charge in [0.15, 0.2) is 0 Å². The van der Waals surface area contributed by atoms with Gasteiger partial charge in [-0.05, 0) is 53.7 Å². The molecule has 0 nitrogen and oxygen atoms in total. The highest BCUT2D eigenvalue weighted by Gasteiger charge is 2.46. The first-order valence-electron chi connectivity index (χ1n) is 9.36. The van der Waals surface area contributed by atoms with E-state index in [4.69, 9.17) is 0 Å². The fourth-order valence-corrected chi connectivity index (χ4v) is 4.47. The van der Waals surface area contributed by atoms with Gasteiger partial charge in [-0.2, -0.15) is 0 Å². The smallest absolute Gasteiger partial charge is 0.0710 e. The van der Waals surface area contributed by atoms with Gasteiger partial charge in [0.05, 0.1) is 5.41 Å². The summed E-state index contributed by atoms with van der Waals surface area (Å²) in [6, 6.07) is 17.7.